The Balaban J connectivity index is 0.00000220. The number of halogens is 1. The van der Waals surface area contributed by atoms with E-state index in [1.807, 2.05) is 0 Å². The van der Waals surface area contributed by atoms with Gasteiger partial charge in [0.2, 0.25) is 11.8 Å². The molecule has 0 radical (unpaired) electrons. The Labute approximate surface area is 130 Å². The third-order valence-corrected chi connectivity index (χ3v) is 3.38. The molecule has 0 aliphatic carbocycles. The number of rotatable bonds is 6. The molecule has 118 valence electrons. The number of hydrogen-bond acceptors (Lipinski definition) is 4. The van der Waals surface area contributed by atoms with E-state index in [-0.39, 0.29) is 30.8 Å². The Bertz CT molecular complexity index is 471. The quantitative estimate of drug-likeness (QED) is 0.714. The second-order valence-corrected chi connectivity index (χ2v) is 4.98. The van der Waals surface area contributed by atoms with E-state index in [0.29, 0.717) is 18.2 Å². The highest BCUT2D eigenvalue weighted by molar-refractivity contribution is 5.90. The Hall–Kier alpha value is -1.60. The Morgan fingerprint density at radius 2 is 2.29 bits per heavy atom. The molecule has 1 fully saturated rings. The highest BCUT2D eigenvalue weighted by atomic mass is 35.5. The van der Waals surface area contributed by atoms with Crippen LogP contribution in [0.1, 0.15) is 25.7 Å². The molecular formula is C13H22ClN5O2. The normalized spacial score (nSPS) is 17.1. The van der Waals surface area contributed by atoms with Crippen LogP contribution in [0, 0.1) is 0 Å². The van der Waals surface area contributed by atoms with Crippen LogP contribution in [-0.2, 0) is 16.1 Å². The van der Waals surface area contributed by atoms with Crippen LogP contribution in [0.25, 0.3) is 0 Å². The SMILES string of the molecule is CNC(=O)Cn1cc(NC(=O)CCC2CCCN2)cn1.Cl. The molecule has 1 aliphatic heterocycles. The lowest BCUT2D eigenvalue weighted by Gasteiger charge is -2.09. The molecular weight excluding hydrogens is 294 g/mol. The standard InChI is InChI=1S/C13H21N5O2.ClH/c1-14-13(20)9-18-8-11(7-16-18)17-12(19)5-4-10-3-2-6-15-10;/h7-8,10,15H,2-6,9H2,1H3,(H,14,20)(H,17,19);1H. The molecule has 0 spiro atoms. The summed E-state index contributed by atoms with van der Waals surface area (Å²) in [5, 5.41) is 12.7. The number of hydrogen-bond donors (Lipinski definition) is 3. The van der Waals surface area contributed by atoms with Gasteiger partial charge in [0, 0.05) is 25.7 Å². The second kappa shape index (κ2) is 8.63. The number of likely N-dealkylation sites (N-methyl/N-ethyl adjacent to an activating group) is 1. The van der Waals surface area contributed by atoms with Gasteiger partial charge in [0.15, 0.2) is 0 Å². The molecule has 3 N–H and O–H groups in total. The molecule has 2 heterocycles. The molecule has 1 saturated heterocycles. The van der Waals surface area contributed by atoms with Gasteiger partial charge in [-0.2, -0.15) is 5.10 Å². The van der Waals surface area contributed by atoms with Gasteiger partial charge in [0.1, 0.15) is 6.54 Å². The molecule has 2 rings (SSSR count). The van der Waals surface area contributed by atoms with Crippen LogP contribution in [0.5, 0.6) is 0 Å². The fourth-order valence-corrected chi connectivity index (χ4v) is 2.27. The number of aromatic nitrogens is 2. The monoisotopic (exact) mass is 315 g/mol. The van der Waals surface area contributed by atoms with E-state index in [0.717, 1.165) is 19.4 Å². The zero-order valence-electron chi connectivity index (χ0n) is 12.1. The molecule has 0 bridgehead atoms. The average molecular weight is 316 g/mol. The van der Waals surface area contributed by atoms with Crippen LogP contribution in [0.4, 0.5) is 5.69 Å². The molecule has 8 heteroatoms. The van der Waals surface area contributed by atoms with Crippen LogP contribution < -0.4 is 16.0 Å². The summed E-state index contributed by atoms with van der Waals surface area (Å²) in [6.45, 7) is 1.21. The van der Waals surface area contributed by atoms with Crippen molar-refractivity contribution in [3.63, 3.8) is 0 Å². The van der Waals surface area contributed by atoms with Crippen molar-refractivity contribution in [1.82, 2.24) is 20.4 Å². The van der Waals surface area contributed by atoms with Gasteiger partial charge in [-0.3, -0.25) is 14.3 Å². The fraction of sp³-hybridized carbons (Fsp3) is 0.615. The van der Waals surface area contributed by atoms with E-state index < -0.39 is 0 Å². The Morgan fingerprint density at radius 1 is 1.48 bits per heavy atom. The fourth-order valence-electron chi connectivity index (χ4n) is 2.27. The first-order valence-electron chi connectivity index (χ1n) is 6.93. The summed E-state index contributed by atoms with van der Waals surface area (Å²) in [4.78, 5) is 23.0. The van der Waals surface area contributed by atoms with E-state index in [9.17, 15) is 9.59 Å². The molecule has 1 unspecified atom stereocenters. The maximum absolute atomic E-state index is 11.8. The summed E-state index contributed by atoms with van der Waals surface area (Å²) >= 11 is 0. The van der Waals surface area contributed by atoms with Gasteiger partial charge < -0.3 is 16.0 Å². The van der Waals surface area contributed by atoms with E-state index in [4.69, 9.17) is 0 Å². The molecule has 1 atom stereocenters. The minimum atomic E-state index is -0.127. The topological polar surface area (TPSA) is 88.0 Å². The molecule has 1 aliphatic rings. The number of nitrogens with zero attached hydrogens (tertiary/aromatic N) is 2. The van der Waals surface area contributed by atoms with Gasteiger partial charge in [0.05, 0.1) is 11.9 Å². The summed E-state index contributed by atoms with van der Waals surface area (Å²) in [7, 11) is 1.57. The van der Waals surface area contributed by atoms with Crippen LogP contribution >= 0.6 is 12.4 Å². The average Bonchev–Trinajstić information content (AvgIpc) is 3.08. The number of nitrogens with one attached hydrogen (secondary N) is 3. The summed E-state index contributed by atoms with van der Waals surface area (Å²) in [6.07, 6.45) is 6.90. The van der Waals surface area contributed by atoms with Crippen molar-refractivity contribution in [2.75, 3.05) is 18.9 Å². The summed E-state index contributed by atoms with van der Waals surface area (Å²) in [6, 6.07) is 0.469. The predicted molar refractivity (Wildman–Crippen MR) is 82.4 cm³/mol. The Kier molecular flexibility index (Phi) is 7.18. The lowest BCUT2D eigenvalue weighted by atomic mass is 10.1. The van der Waals surface area contributed by atoms with E-state index in [1.165, 1.54) is 11.1 Å². The Morgan fingerprint density at radius 3 is 2.95 bits per heavy atom. The number of amides is 2. The highest BCUT2D eigenvalue weighted by Gasteiger charge is 2.15. The lowest BCUT2D eigenvalue weighted by Crippen LogP contribution is -2.24. The van der Waals surface area contributed by atoms with Crippen LogP contribution in [0.3, 0.4) is 0 Å². The molecule has 0 saturated carbocycles. The van der Waals surface area contributed by atoms with E-state index in [1.54, 1.807) is 19.4 Å². The molecule has 0 aromatic carbocycles. The van der Waals surface area contributed by atoms with Crippen molar-refractivity contribution in [2.45, 2.75) is 38.3 Å². The van der Waals surface area contributed by atoms with Gasteiger partial charge >= 0.3 is 0 Å². The molecule has 21 heavy (non-hydrogen) atoms. The third-order valence-electron chi connectivity index (χ3n) is 3.38. The molecule has 1 aromatic rings. The molecule has 1 aromatic heterocycles. The minimum Gasteiger partial charge on any atom is -0.358 e. The van der Waals surface area contributed by atoms with Crippen LogP contribution in [-0.4, -0.2) is 41.2 Å². The van der Waals surface area contributed by atoms with E-state index >= 15 is 0 Å². The largest absolute Gasteiger partial charge is 0.358 e. The predicted octanol–water partition coefficient (Wildman–Crippen LogP) is 0.522. The van der Waals surface area contributed by atoms with Gasteiger partial charge in [-0.15, -0.1) is 12.4 Å². The summed E-state index contributed by atoms with van der Waals surface area (Å²) in [5.74, 6) is -0.142. The maximum atomic E-state index is 11.8. The van der Waals surface area contributed by atoms with Crippen molar-refractivity contribution in [3.8, 4) is 0 Å². The first kappa shape index (κ1) is 17.5. The zero-order chi connectivity index (χ0) is 14.4. The van der Waals surface area contributed by atoms with Gasteiger partial charge in [-0.1, -0.05) is 0 Å². The van der Waals surface area contributed by atoms with Crippen molar-refractivity contribution in [1.29, 1.82) is 0 Å². The number of carbonyl (C=O) groups excluding carboxylic acids is 2. The summed E-state index contributed by atoms with van der Waals surface area (Å²) < 4.78 is 1.49. The maximum Gasteiger partial charge on any atom is 0.241 e. The lowest BCUT2D eigenvalue weighted by molar-refractivity contribution is -0.121. The minimum absolute atomic E-state index is 0. The van der Waals surface area contributed by atoms with E-state index in [2.05, 4.69) is 21.0 Å². The zero-order valence-corrected chi connectivity index (χ0v) is 12.9. The van der Waals surface area contributed by atoms with Gasteiger partial charge in [-0.25, -0.2) is 0 Å². The second-order valence-electron chi connectivity index (χ2n) is 4.98. The van der Waals surface area contributed by atoms with Crippen LogP contribution in [0.2, 0.25) is 0 Å². The first-order valence-corrected chi connectivity index (χ1v) is 6.93. The van der Waals surface area contributed by atoms with Crippen LogP contribution in [0.15, 0.2) is 12.4 Å². The van der Waals surface area contributed by atoms with Crippen molar-refractivity contribution in [3.05, 3.63) is 12.4 Å². The van der Waals surface area contributed by atoms with Gasteiger partial charge in [0.25, 0.3) is 0 Å². The number of carbonyl (C=O) groups is 2. The molecule has 7 nitrogen and oxygen atoms in total. The molecule has 2 amide bonds. The van der Waals surface area contributed by atoms with Crippen molar-refractivity contribution < 1.29 is 9.59 Å². The van der Waals surface area contributed by atoms with Crippen molar-refractivity contribution >= 4 is 29.9 Å². The third kappa shape index (κ3) is 5.73. The number of anilines is 1. The summed E-state index contributed by atoms with van der Waals surface area (Å²) in [5.41, 5.74) is 0.623. The highest BCUT2D eigenvalue weighted by Crippen LogP contribution is 2.12. The smallest absolute Gasteiger partial charge is 0.241 e. The van der Waals surface area contributed by atoms with Gasteiger partial charge in [-0.05, 0) is 25.8 Å². The van der Waals surface area contributed by atoms with Crippen molar-refractivity contribution in [2.24, 2.45) is 0 Å². The first-order chi connectivity index (χ1) is 9.67.